The number of benzene rings is 1. The third-order valence-corrected chi connectivity index (χ3v) is 4.48. The molecule has 20 heavy (non-hydrogen) atoms. The Balaban J connectivity index is 3.00. The van der Waals surface area contributed by atoms with Crippen LogP contribution in [0.3, 0.4) is 0 Å². The molecule has 0 radical (unpaired) electrons. The second-order valence-corrected chi connectivity index (χ2v) is 7.30. The van der Waals surface area contributed by atoms with Crippen LogP contribution in [0.25, 0.3) is 0 Å². The van der Waals surface area contributed by atoms with E-state index < -0.39 is 6.10 Å². The quantitative estimate of drug-likeness (QED) is 0.875. The summed E-state index contributed by atoms with van der Waals surface area (Å²) < 4.78 is 0. The zero-order valence-corrected chi connectivity index (χ0v) is 14.1. The Morgan fingerprint density at radius 1 is 1.00 bits per heavy atom. The summed E-state index contributed by atoms with van der Waals surface area (Å²) in [6, 6.07) is 10.5. The number of likely N-dealkylation sites (N-methyl/N-ethyl adjacent to an activating group) is 1. The van der Waals surface area contributed by atoms with Crippen LogP contribution in [0.5, 0.6) is 0 Å². The summed E-state index contributed by atoms with van der Waals surface area (Å²) in [6.07, 6.45) is -0.453. The van der Waals surface area contributed by atoms with Crippen LogP contribution in [0.2, 0.25) is 0 Å². The summed E-state index contributed by atoms with van der Waals surface area (Å²) in [7, 11) is 2.13. The number of hydrogen-bond acceptors (Lipinski definition) is 2. The van der Waals surface area contributed by atoms with Gasteiger partial charge in [-0.15, -0.1) is 0 Å². The molecule has 0 fully saturated rings. The summed E-state index contributed by atoms with van der Waals surface area (Å²) in [5, 5.41) is 10.8. The van der Waals surface area contributed by atoms with E-state index in [1.165, 1.54) is 0 Å². The van der Waals surface area contributed by atoms with Crippen molar-refractivity contribution in [3.05, 3.63) is 35.9 Å². The number of aliphatic hydroxyl groups is 1. The first-order valence-corrected chi connectivity index (χ1v) is 7.61. The molecule has 0 spiro atoms. The zero-order valence-electron chi connectivity index (χ0n) is 14.1. The highest BCUT2D eigenvalue weighted by Gasteiger charge is 2.34. The fourth-order valence-corrected chi connectivity index (χ4v) is 2.77. The fourth-order valence-electron chi connectivity index (χ4n) is 2.77. The maximum absolute atomic E-state index is 10.8. The number of rotatable bonds is 5. The molecule has 0 heterocycles. The Labute approximate surface area is 124 Å². The number of hydrogen-bond donors (Lipinski definition) is 1. The van der Waals surface area contributed by atoms with Gasteiger partial charge in [0.15, 0.2) is 0 Å². The summed E-state index contributed by atoms with van der Waals surface area (Å²) in [6.45, 7) is 13.4. The molecule has 1 aromatic rings. The van der Waals surface area contributed by atoms with Crippen LogP contribution >= 0.6 is 0 Å². The first kappa shape index (κ1) is 17.2. The van der Waals surface area contributed by atoms with Gasteiger partial charge in [-0.1, -0.05) is 65.0 Å². The molecule has 1 rings (SSSR count). The zero-order chi connectivity index (χ0) is 15.5. The normalized spacial score (nSPS) is 17.3. The van der Waals surface area contributed by atoms with Crippen molar-refractivity contribution >= 4 is 0 Å². The number of aliphatic hydroxyl groups excluding tert-OH is 1. The van der Waals surface area contributed by atoms with Crippen LogP contribution in [0.1, 0.15) is 53.2 Å². The molecule has 0 saturated heterocycles. The Morgan fingerprint density at radius 3 is 1.90 bits per heavy atom. The smallest absolute Gasteiger partial charge is 0.0947 e. The van der Waals surface area contributed by atoms with E-state index in [1.807, 2.05) is 30.3 Å². The molecular formula is C18H31NO. The van der Waals surface area contributed by atoms with Crippen LogP contribution in [0.4, 0.5) is 0 Å². The van der Waals surface area contributed by atoms with E-state index in [0.717, 1.165) is 5.56 Å². The van der Waals surface area contributed by atoms with Gasteiger partial charge in [-0.2, -0.15) is 0 Å². The van der Waals surface area contributed by atoms with Crippen molar-refractivity contribution in [2.75, 3.05) is 7.05 Å². The molecule has 0 aliphatic rings. The summed E-state index contributed by atoms with van der Waals surface area (Å²) in [4.78, 5) is 2.34. The molecule has 3 unspecified atom stereocenters. The van der Waals surface area contributed by atoms with Gasteiger partial charge in [0.25, 0.3) is 0 Å². The molecule has 1 N–H and O–H groups in total. The third kappa shape index (κ3) is 4.07. The van der Waals surface area contributed by atoms with Gasteiger partial charge in [0.2, 0.25) is 0 Å². The van der Waals surface area contributed by atoms with Crippen LogP contribution < -0.4 is 0 Å². The van der Waals surface area contributed by atoms with Crippen LogP contribution in [0.15, 0.2) is 30.3 Å². The lowest BCUT2D eigenvalue weighted by atomic mass is 9.83. The molecule has 3 atom stereocenters. The predicted molar refractivity (Wildman–Crippen MR) is 86.7 cm³/mol. The number of nitrogens with zero attached hydrogens (tertiary/aromatic N) is 1. The molecule has 0 aromatic heterocycles. The minimum Gasteiger partial charge on any atom is -0.387 e. The molecule has 0 aliphatic carbocycles. The third-order valence-electron chi connectivity index (χ3n) is 4.48. The first-order valence-electron chi connectivity index (χ1n) is 7.61. The van der Waals surface area contributed by atoms with Crippen LogP contribution in [-0.2, 0) is 0 Å². The second kappa shape index (κ2) is 6.73. The highest BCUT2D eigenvalue weighted by atomic mass is 16.3. The standard InChI is InChI=1S/C18H31NO/c1-13(2)16(19(7)14(3)18(4,5)6)17(20)15-11-9-8-10-12-15/h8-14,16-17,20H,1-7H3. The van der Waals surface area contributed by atoms with E-state index in [-0.39, 0.29) is 11.5 Å². The van der Waals surface area contributed by atoms with Gasteiger partial charge in [-0.25, -0.2) is 0 Å². The van der Waals surface area contributed by atoms with Gasteiger partial charge in [-0.05, 0) is 30.9 Å². The van der Waals surface area contributed by atoms with Crippen molar-refractivity contribution in [3.63, 3.8) is 0 Å². The van der Waals surface area contributed by atoms with Crippen molar-refractivity contribution < 1.29 is 5.11 Å². The van der Waals surface area contributed by atoms with Crippen molar-refractivity contribution in [1.82, 2.24) is 4.90 Å². The summed E-state index contributed by atoms with van der Waals surface area (Å²) in [5.41, 5.74) is 1.19. The van der Waals surface area contributed by atoms with E-state index in [2.05, 4.69) is 53.5 Å². The van der Waals surface area contributed by atoms with Crippen LogP contribution in [0, 0.1) is 11.3 Å². The van der Waals surface area contributed by atoms with Crippen molar-refractivity contribution in [3.8, 4) is 0 Å². The lowest BCUT2D eigenvalue weighted by molar-refractivity contribution is -0.00769. The maximum Gasteiger partial charge on any atom is 0.0947 e. The van der Waals surface area contributed by atoms with E-state index >= 15 is 0 Å². The average molecular weight is 277 g/mol. The van der Waals surface area contributed by atoms with E-state index in [1.54, 1.807) is 0 Å². The van der Waals surface area contributed by atoms with Gasteiger partial charge in [0.1, 0.15) is 0 Å². The van der Waals surface area contributed by atoms with Crippen molar-refractivity contribution in [2.45, 2.75) is 59.7 Å². The topological polar surface area (TPSA) is 23.5 Å². The van der Waals surface area contributed by atoms with Gasteiger partial charge in [0.05, 0.1) is 6.10 Å². The van der Waals surface area contributed by atoms with E-state index in [4.69, 9.17) is 0 Å². The van der Waals surface area contributed by atoms with Gasteiger partial charge < -0.3 is 5.11 Å². The second-order valence-electron chi connectivity index (χ2n) is 7.30. The summed E-state index contributed by atoms with van der Waals surface area (Å²) >= 11 is 0. The molecule has 0 amide bonds. The SMILES string of the molecule is CC(C)C(C(O)c1ccccc1)N(C)C(C)C(C)(C)C. The van der Waals surface area contributed by atoms with Crippen LogP contribution in [-0.4, -0.2) is 29.1 Å². The molecule has 0 aliphatic heterocycles. The lowest BCUT2D eigenvalue weighted by Gasteiger charge is -2.43. The largest absolute Gasteiger partial charge is 0.387 e. The minimum atomic E-state index is -0.453. The minimum absolute atomic E-state index is 0.117. The van der Waals surface area contributed by atoms with E-state index in [9.17, 15) is 5.11 Å². The molecule has 2 nitrogen and oxygen atoms in total. The Kier molecular flexibility index (Phi) is 5.79. The van der Waals surface area contributed by atoms with Crippen molar-refractivity contribution in [1.29, 1.82) is 0 Å². The molecule has 0 saturated carbocycles. The van der Waals surface area contributed by atoms with Gasteiger partial charge in [-0.3, -0.25) is 4.90 Å². The average Bonchev–Trinajstić information content (AvgIpc) is 2.37. The Hall–Kier alpha value is -0.860. The summed E-state index contributed by atoms with van der Waals surface area (Å²) in [5.74, 6) is 0.389. The highest BCUT2D eigenvalue weighted by molar-refractivity contribution is 5.19. The predicted octanol–water partition coefficient (Wildman–Crippen LogP) is 4.11. The molecule has 1 aromatic carbocycles. The van der Waals surface area contributed by atoms with E-state index in [0.29, 0.717) is 12.0 Å². The molecule has 2 heteroatoms. The maximum atomic E-state index is 10.8. The molecule has 114 valence electrons. The lowest BCUT2D eigenvalue weighted by Crippen LogP contribution is -2.50. The molecular weight excluding hydrogens is 246 g/mol. The first-order chi connectivity index (χ1) is 9.16. The fraction of sp³-hybridized carbons (Fsp3) is 0.667. The Morgan fingerprint density at radius 2 is 1.50 bits per heavy atom. The molecule has 0 bridgehead atoms. The van der Waals surface area contributed by atoms with Gasteiger partial charge in [0, 0.05) is 12.1 Å². The Bertz CT molecular complexity index is 394. The van der Waals surface area contributed by atoms with Crippen molar-refractivity contribution in [2.24, 2.45) is 11.3 Å². The monoisotopic (exact) mass is 277 g/mol. The van der Waals surface area contributed by atoms with Gasteiger partial charge >= 0.3 is 0 Å². The highest BCUT2D eigenvalue weighted by Crippen LogP contribution is 2.32.